The number of aliphatic carboxylic acids is 1. The quantitative estimate of drug-likeness (QED) is 0.821. The van der Waals surface area contributed by atoms with Crippen molar-refractivity contribution >= 4 is 22.7 Å². The molecule has 2 aromatic rings. The summed E-state index contributed by atoms with van der Waals surface area (Å²) in [5.41, 5.74) is 1.30. The summed E-state index contributed by atoms with van der Waals surface area (Å²) in [7, 11) is 0. The van der Waals surface area contributed by atoms with Crippen molar-refractivity contribution in [2.24, 2.45) is 0 Å². The number of benzene rings is 1. The molecule has 1 aromatic carbocycles. The van der Waals surface area contributed by atoms with Crippen LogP contribution in [0.2, 0.25) is 0 Å². The van der Waals surface area contributed by atoms with Gasteiger partial charge in [-0.1, -0.05) is 18.2 Å². The van der Waals surface area contributed by atoms with Crippen LogP contribution in [-0.4, -0.2) is 26.9 Å². The number of fused-ring (bicyclic) bond motifs is 1. The zero-order valence-corrected chi connectivity index (χ0v) is 12.2. The van der Waals surface area contributed by atoms with Gasteiger partial charge in [0, 0.05) is 11.8 Å². The standard InChI is InChI=1S/C17H14N2O4/c18-8-12-11-3-1-2-10(9-4-5-9)15(11)19-16(17(12)23)13(20)6-7-14(21)22/h1-3,9,23H,4-7H2,(H,21,22). The van der Waals surface area contributed by atoms with Crippen LogP contribution in [0.15, 0.2) is 18.2 Å². The van der Waals surface area contributed by atoms with Crippen molar-refractivity contribution in [2.45, 2.75) is 31.6 Å². The monoisotopic (exact) mass is 310 g/mol. The summed E-state index contributed by atoms with van der Waals surface area (Å²) in [6.45, 7) is 0. The second kappa shape index (κ2) is 5.69. The van der Waals surface area contributed by atoms with Gasteiger partial charge < -0.3 is 10.2 Å². The highest BCUT2D eigenvalue weighted by Crippen LogP contribution is 2.44. The summed E-state index contributed by atoms with van der Waals surface area (Å²) in [4.78, 5) is 27.1. The number of hydrogen-bond acceptors (Lipinski definition) is 5. The molecule has 2 N–H and O–H groups in total. The molecule has 0 radical (unpaired) electrons. The molecule has 116 valence electrons. The Morgan fingerprint density at radius 2 is 2.04 bits per heavy atom. The Morgan fingerprint density at radius 1 is 1.30 bits per heavy atom. The number of carbonyl (C=O) groups excluding carboxylic acids is 1. The Bertz CT molecular complexity index is 863. The molecule has 6 nitrogen and oxygen atoms in total. The van der Waals surface area contributed by atoms with Crippen molar-refractivity contribution in [3.05, 3.63) is 35.0 Å². The van der Waals surface area contributed by atoms with Gasteiger partial charge in [-0.2, -0.15) is 5.26 Å². The number of aromatic hydroxyl groups is 1. The molecule has 1 fully saturated rings. The highest BCUT2D eigenvalue weighted by molar-refractivity contribution is 6.02. The smallest absolute Gasteiger partial charge is 0.303 e. The van der Waals surface area contributed by atoms with Crippen LogP contribution in [0.5, 0.6) is 5.75 Å². The normalized spacial score (nSPS) is 13.7. The second-order valence-corrected chi connectivity index (χ2v) is 5.63. The number of Topliss-reactive ketones (excluding diaryl/α,β-unsaturated/α-hetero) is 1. The molecule has 0 spiro atoms. The Kier molecular flexibility index (Phi) is 3.70. The average molecular weight is 310 g/mol. The third-order valence-corrected chi connectivity index (χ3v) is 3.98. The number of rotatable bonds is 5. The van der Waals surface area contributed by atoms with Gasteiger partial charge in [0.25, 0.3) is 0 Å². The van der Waals surface area contributed by atoms with Crippen molar-refractivity contribution in [2.75, 3.05) is 0 Å². The Balaban J connectivity index is 2.16. The van der Waals surface area contributed by atoms with E-state index in [9.17, 15) is 20.0 Å². The first kappa shape index (κ1) is 15.0. The second-order valence-electron chi connectivity index (χ2n) is 5.63. The van der Waals surface area contributed by atoms with E-state index in [2.05, 4.69) is 4.98 Å². The maximum absolute atomic E-state index is 12.2. The van der Waals surface area contributed by atoms with Gasteiger partial charge in [0.2, 0.25) is 0 Å². The molecule has 0 atom stereocenters. The summed E-state index contributed by atoms with van der Waals surface area (Å²) in [6.07, 6.45) is 1.46. The number of pyridine rings is 1. The van der Waals surface area contributed by atoms with E-state index in [1.165, 1.54) is 0 Å². The predicted octanol–water partition coefficient (Wildman–Crippen LogP) is 2.74. The van der Waals surface area contributed by atoms with Crippen molar-refractivity contribution in [1.29, 1.82) is 5.26 Å². The molecule has 1 aromatic heterocycles. The highest BCUT2D eigenvalue weighted by atomic mass is 16.4. The van der Waals surface area contributed by atoms with Gasteiger partial charge in [0.15, 0.2) is 11.5 Å². The van der Waals surface area contributed by atoms with E-state index < -0.39 is 17.5 Å². The number of carbonyl (C=O) groups is 2. The topological polar surface area (TPSA) is 111 Å². The van der Waals surface area contributed by atoms with Gasteiger partial charge in [-0.25, -0.2) is 4.98 Å². The molecule has 1 aliphatic rings. The molecule has 0 unspecified atom stereocenters. The minimum Gasteiger partial charge on any atom is -0.504 e. The Labute approximate surface area is 132 Å². The van der Waals surface area contributed by atoms with E-state index in [0.29, 0.717) is 16.8 Å². The number of carboxylic acid groups (broad SMARTS) is 1. The number of ketones is 1. The third-order valence-electron chi connectivity index (χ3n) is 3.98. The maximum Gasteiger partial charge on any atom is 0.303 e. The first-order valence-electron chi connectivity index (χ1n) is 7.33. The minimum atomic E-state index is -1.10. The van der Waals surface area contributed by atoms with Crippen LogP contribution in [0.1, 0.15) is 53.2 Å². The molecule has 1 heterocycles. The summed E-state index contributed by atoms with van der Waals surface area (Å²) in [5, 5.41) is 28.8. The molecule has 3 rings (SSSR count). The number of nitriles is 1. The van der Waals surface area contributed by atoms with Crippen molar-refractivity contribution < 1.29 is 19.8 Å². The minimum absolute atomic E-state index is 0.0103. The van der Waals surface area contributed by atoms with Gasteiger partial charge >= 0.3 is 5.97 Å². The zero-order chi connectivity index (χ0) is 16.6. The molecule has 0 aliphatic heterocycles. The van der Waals surface area contributed by atoms with Crippen LogP contribution in [0.25, 0.3) is 10.9 Å². The summed E-state index contributed by atoms with van der Waals surface area (Å²) < 4.78 is 0. The van der Waals surface area contributed by atoms with Crippen LogP contribution >= 0.6 is 0 Å². The first-order valence-corrected chi connectivity index (χ1v) is 7.33. The number of para-hydroxylation sites is 1. The summed E-state index contributed by atoms with van der Waals surface area (Å²) >= 11 is 0. The van der Waals surface area contributed by atoms with Gasteiger partial charge in [0.05, 0.1) is 11.9 Å². The van der Waals surface area contributed by atoms with E-state index in [1.54, 1.807) is 6.07 Å². The van der Waals surface area contributed by atoms with Crippen molar-refractivity contribution in [1.82, 2.24) is 4.98 Å². The third kappa shape index (κ3) is 2.73. The Morgan fingerprint density at radius 3 is 2.65 bits per heavy atom. The van der Waals surface area contributed by atoms with Crippen molar-refractivity contribution in [3.8, 4) is 11.8 Å². The van der Waals surface area contributed by atoms with E-state index in [1.807, 2.05) is 18.2 Å². The van der Waals surface area contributed by atoms with Crippen molar-refractivity contribution in [3.63, 3.8) is 0 Å². The lowest BCUT2D eigenvalue weighted by Crippen LogP contribution is -2.08. The fraction of sp³-hybridized carbons (Fsp3) is 0.294. The largest absolute Gasteiger partial charge is 0.504 e. The van der Waals surface area contributed by atoms with Gasteiger partial charge in [0.1, 0.15) is 17.3 Å². The summed E-state index contributed by atoms with van der Waals surface area (Å²) in [6, 6.07) is 7.34. The number of nitrogens with zero attached hydrogens (tertiary/aromatic N) is 2. The van der Waals surface area contributed by atoms with E-state index in [0.717, 1.165) is 18.4 Å². The number of hydrogen-bond donors (Lipinski definition) is 2. The van der Waals surface area contributed by atoms with E-state index >= 15 is 0 Å². The Hall–Kier alpha value is -2.94. The van der Waals surface area contributed by atoms with Crippen LogP contribution in [0.3, 0.4) is 0 Å². The number of carboxylic acids is 1. The molecule has 6 heteroatoms. The lowest BCUT2D eigenvalue weighted by atomic mass is 9.99. The fourth-order valence-corrected chi connectivity index (χ4v) is 2.67. The molecular formula is C17H14N2O4. The SMILES string of the molecule is N#Cc1c(O)c(C(=O)CCC(=O)O)nc2c(C3CC3)cccc12. The maximum atomic E-state index is 12.2. The average Bonchev–Trinajstić information content (AvgIpc) is 3.36. The highest BCUT2D eigenvalue weighted by Gasteiger charge is 2.28. The zero-order valence-electron chi connectivity index (χ0n) is 12.2. The van der Waals surface area contributed by atoms with Crippen LogP contribution in [-0.2, 0) is 4.79 Å². The van der Waals surface area contributed by atoms with Crippen LogP contribution in [0.4, 0.5) is 0 Å². The van der Waals surface area contributed by atoms with E-state index in [-0.39, 0.29) is 24.1 Å². The lowest BCUT2D eigenvalue weighted by Gasteiger charge is -2.10. The number of aromatic nitrogens is 1. The molecular weight excluding hydrogens is 296 g/mol. The van der Waals surface area contributed by atoms with Gasteiger partial charge in [-0.05, 0) is 24.3 Å². The van der Waals surface area contributed by atoms with Crippen LogP contribution in [0, 0.1) is 11.3 Å². The fourth-order valence-electron chi connectivity index (χ4n) is 2.67. The predicted molar refractivity (Wildman–Crippen MR) is 81.3 cm³/mol. The molecule has 1 aliphatic carbocycles. The van der Waals surface area contributed by atoms with Gasteiger partial charge in [-0.15, -0.1) is 0 Å². The first-order chi connectivity index (χ1) is 11.0. The molecule has 23 heavy (non-hydrogen) atoms. The molecule has 1 saturated carbocycles. The molecule has 0 saturated heterocycles. The molecule has 0 amide bonds. The van der Waals surface area contributed by atoms with Crippen LogP contribution < -0.4 is 0 Å². The summed E-state index contributed by atoms with van der Waals surface area (Å²) in [5.74, 6) is -1.78. The molecule has 0 bridgehead atoms. The lowest BCUT2D eigenvalue weighted by molar-refractivity contribution is -0.136. The van der Waals surface area contributed by atoms with Gasteiger partial charge in [-0.3, -0.25) is 9.59 Å². The van der Waals surface area contributed by atoms with E-state index in [4.69, 9.17) is 5.11 Å².